The number of hydrogen-bond donors (Lipinski definition) is 1. The molecule has 3 rings (SSSR count). The second-order valence-corrected chi connectivity index (χ2v) is 9.99. The van der Waals surface area contributed by atoms with E-state index in [1.807, 2.05) is 11.0 Å². The van der Waals surface area contributed by atoms with Gasteiger partial charge in [0, 0.05) is 39.1 Å². The summed E-state index contributed by atoms with van der Waals surface area (Å²) in [4.78, 5) is 29.9. The minimum Gasteiger partial charge on any atom is -0.351 e. The number of hydrogen-bond acceptors (Lipinski definition) is 3. The van der Waals surface area contributed by atoms with Crippen LogP contribution in [0.2, 0.25) is 0 Å². The van der Waals surface area contributed by atoms with E-state index in [4.69, 9.17) is 0 Å². The summed E-state index contributed by atoms with van der Waals surface area (Å²) in [6.07, 6.45) is 5.03. The Morgan fingerprint density at radius 1 is 1.13 bits per heavy atom. The van der Waals surface area contributed by atoms with Crippen LogP contribution in [0.15, 0.2) is 24.3 Å². The van der Waals surface area contributed by atoms with E-state index in [1.54, 1.807) is 6.07 Å². The van der Waals surface area contributed by atoms with Crippen LogP contribution < -0.4 is 5.32 Å². The summed E-state index contributed by atoms with van der Waals surface area (Å²) in [6.45, 7) is 9.39. The first-order valence-corrected chi connectivity index (χ1v) is 11.3. The van der Waals surface area contributed by atoms with Crippen molar-refractivity contribution in [3.63, 3.8) is 0 Å². The van der Waals surface area contributed by atoms with Gasteiger partial charge in [0.15, 0.2) is 0 Å². The first-order chi connectivity index (χ1) is 14.2. The number of piperazine rings is 1. The zero-order valence-corrected chi connectivity index (χ0v) is 18.6. The van der Waals surface area contributed by atoms with Gasteiger partial charge in [-0.2, -0.15) is 0 Å². The van der Waals surface area contributed by atoms with Crippen molar-refractivity contribution < 1.29 is 14.0 Å². The number of nitrogens with one attached hydrogen (secondary N) is 1. The van der Waals surface area contributed by atoms with Crippen LogP contribution in [0.1, 0.15) is 58.4 Å². The van der Waals surface area contributed by atoms with Crippen LogP contribution in [0, 0.1) is 17.2 Å². The Balaban J connectivity index is 1.60. The SMILES string of the molecule is CC(C)(C)CC(=O)N1CCN(C(C(=O)NCc2cccc(F)c2)C2CCCC2)CC1. The second-order valence-electron chi connectivity index (χ2n) is 9.99. The maximum Gasteiger partial charge on any atom is 0.237 e. The number of carbonyl (C=O) groups excluding carboxylic acids is 2. The molecule has 1 saturated carbocycles. The van der Waals surface area contributed by atoms with Crippen molar-refractivity contribution in [1.82, 2.24) is 15.1 Å². The van der Waals surface area contributed by atoms with E-state index in [2.05, 4.69) is 31.0 Å². The minimum absolute atomic E-state index is 0.0165. The molecule has 1 aromatic rings. The smallest absolute Gasteiger partial charge is 0.237 e. The molecule has 0 aromatic heterocycles. The number of benzene rings is 1. The molecule has 2 amide bonds. The third-order valence-electron chi connectivity index (χ3n) is 6.21. The number of halogens is 1. The molecule has 5 nitrogen and oxygen atoms in total. The van der Waals surface area contributed by atoms with Crippen LogP contribution in [0.5, 0.6) is 0 Å². The summed E-state index contributed by atoms with van der Waals surface area (Å²) in [5.41, 5.74) is 0.753. The average molecular weight is 418 g/mol. The molecule has 1 heterocycles. The van der Waals surface area contributed by atoms with Crippen molar-refractivity contribution in [3.05, 3.63) is 35.6 Å². The van der Waals surface area contributed by atoms with Crippen LogP contribution >= 0.6 is 0 Å². The Bertz CT molecular complexity index is 732. The monoisotopic (exact) mass is 417 g/mol. The lowest BCUT2D eigenvalue weighted by molar-refractivity contribution is -0.136. The van der Waals surface area contributed by atoms with Crippen LogP contribution in [0.25, 0.3) is 0 Å². The summed E-state index contributed by atoms with van der Waals surface area (Å²) < 4.78 is 13.4. The third-order valence-corrected chi connectivity index (χ3v) is 6.21. The zero-order valence-electron chi connectivity index (χ0n) is 18.6. The maximum absolute atomic E-state index is 13.4. The fraction of sp³-hybridized carbons (Fsp3) is 0.667. The fourth-order valence-electron chi connectivity index (χ4n) is 4.71. The summed E-state index contributed by atoms with van der Waals surface area (Å²) >= 11 is 0. The molecule has 30 heavy (non-hydrogen) atoms. The van der Waals surface area contributed by atoms with Gasteiger partial charge in [-0.1, -0.05) is 45.7 Å². The number of carbonyl (C=O) groups is 2. The first-order valence-electron chi connectivity index (χ1n) is 11.3. The summed E-state index contributed by atoms with van der Waals surface area (Å²) in [7, 11) is 0. The lowest BCUT2D eigenvalue weighted by atomic mass is 9.91. The minimum atomic E-state index is -0.287. The normalized spacial score (nSPS) is 19.7. The van der Waals surface area contributed by atoms with E-state index in [-0.39, 0.29) is 29.1 Å². The van der Waals surface area contributed by atoms with Crippen LogP contribution in [0.4, 0.5) is 4.39 Å². The predicted molar refractivity (Wildman–Crippen MR) is 116 cm³/mol. The van der Waals surface area contributed by atoms with Crippen molar-refractivity contribution in [2.45, 2.75) is 65.5 Å². The molecule has 0 radical (unpaired) electrons. The highest BCUT2D eigenvalue weighted by Crippen LogP contribution is 2.31. The Morgan fingerprint density at radius 2 is 1.80 bits per heavy atom. The number of amides is 2. The second kappa shape index (κ2) is 9.90. The van der Waals surface area contributed by atoms with E-state index in [1.165, 1.54) is 25.0 Å². The molecule has 1 N–H and O–H groups in total. The molecule has 1 atom stereocenters. The van der Waals surface area contributed by atoms with E-state index in [9.17, 15) is 14.0 Å². The Labute approximate surface area is 180 Å². The molecule has 0 bridgehead atoms. The Hall–Kier alpha value is -1.95. The van der Waals surface area contributed by atoms with Gasteiger partial charge in [0.05, 0.1) is 6.04 Å². The van der Waals surface area contributed by atoms with E-state index < -0.39 is 0 Å². The Morgan fingerprint density at radius 3 is 2.40 bits per heavy atom. The van der Waals surface area contributed by atoms with E-state index >= 15 is 0 Å². The topological polar surface area (TPSA) is 52.7 Å². The maximum atomic E-state index is 13.4. The van der Waals surface area contributed by atoms with Crippen molar-refractivity contribution in [2.24, 2.45) is 11.3 Å². The van der Waals surface area contributed by atoms with Gasteiger partial charge in [0.25, 0.3) is 0 Å². The molecule has 0 spiro atoms. The highest BCUT2D eigenvalue weighted by Gasteiger charge is 2.37. The van der Waals surface area contributed by atoms with Crippen LogP contribution in [-0.2, 0) is 16.1 Å². The summed E-state index contributed by atoms with van der Waals surface area (Å²) in [5, 5.41) is 3.04. The molecular formula is C24H36FN3O2. The first kappa shape index (κ1) is 22.7. The van der Waals surface area contributed by atoms with Crippen molar-refractivity contribution in [2.75, 3.05) is 26.2 Å². The quantitative estimate of drug-likeness (QED) is 0.770. The van der Waals surface area contributed by atoms with Crippen molar-refractivity contribution in [3.8, 4) is 0 Å². The van der Waals surface area contributed by atoms with E-state index in [0.29, 0.717) is 32.0 Å². The van der Waals surface area contributed by atoms with Gasteiger partial charge in [-0.3, -0.25) is 14.5 Å². The van der Waals surface area contributed by atoms with Gasteiger partial charge in [0.2, 0.25) is 11.8 Å². The lowest BCUT2D eigenvalue weighted by Gasteiger charge is -2.41. The van der Waals surface area contributed by atoms with Gasteiger partial charge >= 0.3 is 0 Å². The average Bonchev–Trinajstić information content (AvgIpc) is 3.20. The fourth-order valence-corrected chi connectivity index (χ4v) is 4.71. The predicted octanol–water partition coefficient (Wildman–Crippen LogP) is 3.58. The lowest BCUT2D eigenvalue weighted by Crippen LogP contribution is -2.58. The molecule has 1 unspecified atom stereocenters. The van der Waals surface area contributed by atoms with Crippen molar-refractivity contribution >= 4 is 11.8 Å². The molecule has 1 aromatic carbocycles. The van der Waals surface area contributed by atoms with Crippen LogP contribution in [0.3, 0.4) is 0 Å². The largest absolute Gasteiger partial charge is 0.351 e. The van der Waals surface area contributed by atoms with Gasteiger partial charge in [-0.05, 0) is 41.9 Å². The number of nitrogens with zero attached hydrogens (tertiary/aromatic N) is 2. The highest BCUT2D eigenvalue weighted by atomic mass is 19.1. The summed E-state index contributed by atoms with van der Waals surface area (Å²) in [5.74, 6) is 0.301. The molecule has 6 heteroatoms. The summed E-state index contributed by atoms with van der Waals surface area (Å²) in [6, 6.07) is 6.20. The molecule has 2 aliphatic rings. The molecule has 1 aliphatic heterocycles. The Kier molecular flexibility index (Phi) is 7.50. The third kappa shape index (κ3) is 6.27. The molecule has 166 valence electrons. The van der Waals surface area contributed by atoms with Gasteiger partial charge < -0.3 is 10.2 Å². The van der Waals surface area contributed by atoms with Crippen molar-refractivity contribution in [1.29, 1.82) is 0 Å². The molecular weight excluding hydrogens is 381 g/mol. The molecule has 2 fully saturated rings. The highest BCUT2D eigenvalue weighted by molar-refractivity contribution is 5.82. The number of rotatable bonds is 6. The van der Waals surface area contributed by atoms with Gasteiger partial charge in [-0.15, -0.1) is 0 Å². The van der Waals surface area contributed by atoms with Gasteiger partial charge in [-0.25, -0.2) is 4.39 Å². The van der Waals surface area contributed by atoms with E-state index in [0.717, 1.165) is 31.5 Å². The zero-order chi connectivity index (χ0) is 21.7. The molecule has 1 saturated heterocycles. The standard InChI is InChI=1S/C24H36FN3O2/c1-24(2,3)16-21(29)27-11-13-28(14-12-27)22(19-8-4-5-9-19)23(30)26-17-18-7-6-10-20(25)15-18/h6-7,10,15,19,22H,4-5,8-9,11-14,16-17H2,1-3H3,(H,26,30). The van der Waals surface area contributed by atoms with Crippen LogP contribution in [-0.4, -0.2) is 53.8 Å². The molecule has 1 aliphatic carbocycles. The van der Waals surface area contributed by atoms with Gasteiger partial charge in [0.1, 0.15) is 5.82 Å².